The standard InChI is InChI=1S/C23H31N5S2/c1-27(2)20-13-15-28(16-14-20)21-11-9-19(10-12-21)25-23(29)26-22(24)30-17-18-7-5-3-4-6-8-18/h3-5,7-12,20H,6,13-17H2,1-2H3,(H3,24,25,26,29). The number of nitrogens with zero attached hydrogens (tertiary/aromatic N) is 3. The van der Waals surface area contributed by atoms with Crippen molar-refractivity contribution in [3.05, 3.63) is 60.2 Å². The molecule has 1 fully saturated rings. The zero-order valence-electron chi connectivity index (χ0n) is 17.8. The maximum atomic E-state index is 6.05. The molecule has 0 amide bonds. The van der Waals surface area contributed by atoms with E-state index in [1.807, 2.05) is 18.2 Å². The highest BCUT2D eigenvalue weighted by Crippen LogP contribution is 2.23. The van der Waals surface area contributed by atoms with Crippen molar-refractivity contribution in [2.24, 2.45) is 10.7 Å². The quantitative estimate of drug-likeness (QED) is 0.401. The number of hydrogen-bond acceptors (Lipinski definition) is 4. The summed E-state index contributed by atoms with van der Waals surface area (Å²) < 4.78 is 0. The van der Waals surface area contributed by atoms with Gasteiger partial charge in [-0.1, -0.05) is 42.1 Å². The number of benzene rings is 1. The molecule has 30 heavy (non-hydrogen) atoms. The summed E-state index contributed by atoms with van der Waals surface area (Å²) in [5.41, 5.74) is 9.47. The van der Waals surface area contributed by atoms with Gasteiger partial charge in [0.1, 0.15) is 0 Å². The van der Waals surface area contributed by atoms with Gasteiger partial charge in [-0.3, -0.25) is 0 Å². The number of hydrogen-bond donors (Lipinski definition) is 2. The molecule has 3 N–H and O–H groups in total. The Morgan fingerprint density at radius 1 is 1.23 bits per heavy atom. The molecule has 2 aliphatic rings. The van der Waals surface area contributed by atoms with Gasteiger partial charge < -0.3 is 20.9 Å². The third-order valence-electron chi connectivity index (χ3n) is 5.35. The van der Waals surface area contributed by atoms with E-state index in [1.54, 1.807) is 0 Å². The van der Waals surface area contributed by atoms with Gasteiger partial charge in [0, 0.05) is 36.3 Å². The van der Waals surface area contributed by atoms with Crippen LogP contribution in [0.1, 0.15) is 19.3 Å². The van der Waals surface area contributed by atoms with Crippen molar-refractivity contribution in [2.45, 2.75) is 25.3 Å². The molecule has 1 aliphatic carbocycles. The Morgan fingerprint density at radius 3 is 2.67 bits per heavy atom. The molecule has 1 aromatic carbocycles. The highest BCUT2D eigenvalue weighted by molar-refractivity contribution is 8.14. The van der Waals surface area contributed by atoms with Crippen molar-refractivity contribution < 1.29 is 0 Å². The van der Waals surface area contributed by atoms with Crippen LogP contribution in [0.5, 0.6) is 0 Å². The Bertz CT molecular complexity index is 832. The monoisotopic (exact) mass is 441 g/mol. The molecule has 0 atom stereocenters. The lowest BCUT2D eigenvalue weighted by molar-refractivity contribution is 0.249. The predicted molar refractivity (Wildman–Crippen MR) is 137 cm³/mol. The zero-order chi connectivity index (χ0) is 21.3. The second kappa shape index (κ2) is 11.3. The highest BCUT2D eigenvalue weighted by Gasteiger charge is 2.20. The van der Waals surface area contributed by atoms with Crippen LogP contribution in [0.15, 0.2) is 65.2 Å². The minimum Gasteiger partial charge on any atom is -0.378 e. The van der Waals surface area contributed by atoms with Crippen LogP contribution in [0.4, 0.5) is 11.4 Å². The molecular weight excluding hydrogens is 410 g/mol. The Kier molecular flexibility index (Phi) is 8.54. The fourth-order valence-corrected chi connectivity index (χ4v) is 4.53. The Labute approximate surface area is 189 Å². The lowest BCUT2D eigenvalue weighted by Crippen LogP contribution is -2.41. The van der Waals surface area contributed by atoms with Gasteiger partial charge in [-0.05, 0) is 75.4 Å². The molecule has 1 heterocycles. The number of thioether (sulfide) groups is 1. The van der Waals surface area contributed by atoms with Crippen molar-refractivity contribution in [3.63, 3.8) is 0 Å². The molecule has 7 heteroatoms. The smallest absolute Gasteiger partial charge is 0.199 e. The average molecular weight is 442 g/mol. The molecule has 0 unspecified atom stereocenters. The summed E-state index contributed by atoms with van der Waals surface area (Å²) >= 11 is 6.85. The Morgan fingerprint density at radius 2 is 1.97 bits per heavy atom. The van der Waals surface area contributed by atoms with Crippen molar-refractivity contribution in [2.75, 3.05) is 43.2 Å². The zero-order valence-corrected chi connectivity index (χ0v) is 19.4. The van der Waals surface area contributed by atoms with Crippen LogP contribution in [-0.2, 0) is 0 Å². The van der Waals surface area contributed by atoms with Crippen molar-refractivity contribution >= 4 is 45.6 Å². The van der Waals surface area contributed by atoms with Gasteiger partial charge in [0.15, 0.2) is 10.3 Å². The van der Waals surface area contributed by atoms with Crippen LogP contribution in [0.3, 0.4) is 0 Å². The van der Waals surface area contributed by atoms with Crippen molar-refractivity contribution in [1.29, 1.82) is 0 Å². The lowest BCUT2D eigenvalue weighted by Gasteiger charge is -2.36. The first-order chi connectivity index (χ1) is 14.5. The van der Waals surface area contributed by atoms with Crippen LogP contribution in [0.25, 0.3) is 0 Å². The summed E-state index contributed by atoms with van der Waals surface area (Å²) in [6.45, 7) is 2.18. The number of thiocarbonyl (C=S) groups is 1. The summed E-state index contributed by atoms with van der Waals surface area (Å²) in [7, 11) is 4.33. The van der Waals surface area contributed by atoms with Gasteiger partial charge >= 0.3 is 0 Å². The SMILES string of the molecule is CN(C)C1CCN(c2ccc(NC(=S)N=C(N)SCC3=CCC=CC=C3)cc2)CC1. The van der Waals surface area contributed by atoms with Crippen LogP contribution < -0.4 is 16.0 Å². The van der Waals surface area contributed by atoms with E-state index in [4.69, 9.17) is 18.0 Å². The number of amidine groups is 1. The predicted octanol–water partition coefficient (Wildman–Crippen LogP) is 4.40. The molecular formula is C23H31N5S2. The first-order valence-corrected chi connectivity index (χ1v) is 11.7. The maximum absolute atomic E-state index is 6.05. The largest absolute Gasteiger partial charge is 0.378 e. The summed E-state index contributed by atoms with van der Waals surface area (Å²) in [4.78, 5) is 9.09. The number of aliphatic imine (C=N–C) groups is 1. The molecule has 0 spiro atoms. The van der Waals surface area contributed by atoms with Gasteiger partial charge in [-0.2, -0.15) is 4.99 Å². The number of nitrogens with one attached hydrogen (secondary N) is 1. The second-order valence-corrected chi connectivity index (χ2v) is 9.08. The molecule has 1 saturated heterocycles. The number of nitrogens with two attached hydrogens (primary N) is 1. The minimum atomic E-state index is 0.381. The van der Waals surface area contributed by atoms with Gasteiger partial charge in [0.25, 0.3) is 0 Å². The van der Waals surface area contributed by atoms with Crippen LogP contribution in [-0.4, -0.2) is 54.2 Å². The van der Waals surface area contributed by atoms with E-state index in [0.717, 1.165) is 31.0 Å². The molecule has 0 saturated carbocycles. The van der Waals surface area contributed by atoms with Crippen LogP contribution >= 0.6 is 24.0 Å². The van der Waals surface area contributed by atoms with Crippen molar-refractivity contribution in [1.82, 2.24) is 4.90 Å². The molecule has 0 aromatic heterocycles. The maximum Gasteiger partial charge on any atom is 0.199 e. The summed E-state index contributed by atoms with van der Waals surface area (Å²) in [6.07, 6.45) is 13.9. The van der Waals surface area contributed by atoms with Crippen LogP contribution in [0, 0.1) is 0 Å². The minimum absolute atomic E-state index is 0.381. The van der Waals surface area contributed by atoms with E-state index >= 15 is 0 Å². The topological polar surface area (TPSA) is 56.9 Å². The summed E-state index contributed by atoms with van der Waals surface area (Å²) in [5, 5.41) is 4.01. The van der Waals surface area contributed by atoms with Crippen molar-refractivity contribution in [3.8, 4) is 0 Å². The number of anilines is 2. The second-order valence-electron chi connectivity index (χ2n) is 7.70. The first-order valence-electron chi connectivity index (χ1n) is 10.3. The highest BCUT2D eigenvalue weighted by atomic mass is 32.2. The molecule has 0 radical (unpaired) electrons. The summed E-state index contributed by atoms with van der Waals surface area (Å²) in [5.74, 6) is 0.787. The first kappa shape index (κ1) is 22.6. The van der Waals surface area contributed by atoms with Crippen LogP contribution in [0.2, 0.25) is 0 Å². The van der Waals surface area contributed by atoms with Gasteiger partial charge in [0.05, 0.1) is 0 Å². The number of rotatable bonds is 5. The van der Waals surface area contributed by atoms with E-state index in [0.29, 0.717) is 16.3 Å². The van der Waals surface area contributed by atoms with Gasteiger partial charge in [-0.15, -0.1) is 0 Å². The Hall–Kier alpha value is -2.09. The number of allylic oxidation sites excluding steroid dienone is 5. The fraction of sp³-hybridized carbons (Fsp3) is 0.391. The fourth-order valence-electron chi connectivity index (χ4n) is 3.57. The molecule has 1 aliphatic heterocycles. The van der Waals surface area contributed by atoms with E-state index in [-0.39, 0.29) is 0 Å². The number of piperidine rings is 1. The lowest BCUT2D eigenvalue weighted by atomic mass is 10.0. The van der Waals surface area contributed by atoms with E-state index in [9.17, 15) is 0 Å². The molecule has 160 valence electrons. The van der Waals surface area contributed by atoms with E-state index in [1.165, 1.54) is 35.9 Å². The third kappa shape index (κ3) is 7.00. The normalized spacial score (nSPS) is 17.8. The van der Waals surface area contributed by atoms with E-state index < -0.39 is 0 Å². The molecule has 3 rings (SSSR count). The molecule has 5 nitrogen and oxygen atoms in total. The van der Waals surface area contributed by atoms with Gasteiger partial charge in [0.2, 0.25) is 0 Å². The third-order valence-corrected chi connectivity index (χ3v) is 6.41. The average Bonchev–Trinajstić information content (AvgIpc) is 3.02. The van der Waals surface area contributed by atoms with Gasteiger partial charge in [-0.25, -0.2) is 0 Å². The van der Waals surface area contributed by atoms with E-state index in [2.05, 4.69) is 70.6 Å². The Balaban J connectivity index is 1.47. The molecule has 1 aromatic rings. The summed E-state index contributed by atoms with van der Waals surface area (Å²) in [6, 6.07) is 9.06. The molecule has 0 bridgehead atoms.